The molecule has 0 amide bonds. The number of rotatable bonds is 1. The fourth-order valence-corrected chi connectivity index (χ4v) is 10.5. The van der Waals surface area contributed by atoms with E-state index in [0.29, 0.717) is 0 Å². The lowest BCUT2D eigenvalue weighted by molar-refractivity contribution is 0.464. The molecule has 0 N–H and O–H groups in total. The van der Waals surface area contributed by atoms with E-state index in [1.165, 1.54) is 0 Å². The second-order valence-electron chi connectivity index (χ2n) is 14.1. The molecule has 0 saturated heterocycles. The molecule has 3 aliphatic rings. The molecule has 7 heteroatoms. The van der Waals surface area contributed by atoms with Crippen molar-refractivity contribution in [3.63, 3.8) is 0 Å². The Morgan fingerprint density at radius 1 is 0.434 bits per heavy atom. The Morgan fingerprint density at radius 2 is 1.00 bits per heavy atom. The highest BCUT2D eigenvalue weighted by Crippen LogP contribution is 2.48. The van der Waals surface area contributed by atoms with Crippen LogP contribution in [0.25, 0.3) is 87.4 Å². The maximum atomic E-state index is 6.83. The summed E-state index contributed by atoms with van der Waals surface area (Å²) in [7, 11) is -2.31. The summed E-state index contributed by atoms with van der Waals surface area (Å²) in [6, 6.07) is 42.3. The van der Waals surface area contributed by atoms with E-state index in [0.717, 1.165) is 110 Å². The molecule has 250 valence electrons. The highest BCUT2D eigenvalue weighted by molar-refractivity contribution is 6.85. The topological polar surface area (TPSA) is 70.0 Å². The number of hydrogen-bond donors (Lipinski definition) is 0. The van der Waals surface area contributed by atoms with Crippen molar-refractivity contribution in [3.05, 3.63) is 146 Å². The fourth-order valence-electron chi connectivity index (χ4n) is 8.40. The molecule has 6 nitrogen and oxygen atoms in total. The summed E-state index contributed by atoms with van der Waals surface area (Å²) >= 11 is 0. The Kier molecular flexibility index (Phi) is 6.30. The van der Waals surface area contributed by atoms with Crippen LogP contribution in [0.1, 0.15) is 0 Å². The van der Waals surface area contributed by atoms with Gasteiger partial charge in [-0.25, -0.2) is 0 Å². The van der Waals surface area contributed by atoms with E-state index < -0.39 is 8.32 Å². The minimum atomic E-state index is -2.31. The zero-order valence-corrected chi connectivity index (χ0v) is 30.0. The second-order valence-corrected chi connectivity index (χ2v) is 17.9. The van der Waals surface area contributed by atoms with Gasteiger partial charge in [0.1, 0.15) is 11.5 Å². The van der Waals surface area contributed by atoms with Crippen LogP contribution in [-0.4, -0.2) is 28.3 Å². The third kappa shape index (κ3) is 4.38. The molecule has 0 unspecified atom stereocenters. The summed E-state index contributed by atoms with van der Waals surface area (Å²) in [5.74, 6) is 2.33. The predicted octanol–water partition coefficient (Wildman–Crippen LogP) is 11.1. The van der Waals surface area contributed by atoms with Gasteiger partial charge in [-0.1, -0.05) is 78.9 Å². The molecule has 0 atom stereocenters. The van der Waals surface area contributed by atoms with Crippen molar-refractivity contribution in [1.29, 1.82) is 0 Å². The third-order valence-electron chi connectivity index (χ3n) is 10.7. The molecule has 4 aromatic heterocycles. The Bertz CT molecular complexity index is 3180. The minimum Gasteiger partial charge on any atom is -0.537 e. The molecule has 4 aromatic carbocycles. The van der Waals surface area contributed by atoms with Gasteiger partial charge in [-0.05, 0) is 93.4 Å². The van der Waals surface area contributed by atoms with Gasteiger partial charge in [0.05, 0.1) is 22.1 Å². The van der Waals surface area contributed by atoms with Crippen LogP contribution in [0.2, 0.25) is 13.1 Å². The molecule has 53 heavy (non-hydrogen) atoms. The SMILES string of the molecule is C[Si]1(C)Oc2cccc(-c3ccc4c(c3)c3ccnc5c3-c3c(ccnc3c3ncccc43)c3ccccc3c3cccnc53)c2Oc2ccccc21. The number of nitrogens with zero attached hydrogens (tertiary/aromatic N) is 4. The predicted molar refractivity (Wildman–Crippen MR) is 218 cm³/mol. The van der Waals surface area contributed by atoms with Crippen LogP contribution in [-0.2, 0) is 0 Å². The molecular formula is C46H30N4O2Si. The number of aromatic nitrogens is 4. The van der Waals surface area contributed by atoms with Crippen LogP contribution in [0.5, 0.6) is 17.2 Å². The zero-order valence-electron chi connectivity index (χ0n) is 29.0. The number of para-hydroxylation sites is 2. The van der Waals surface area contributed by atoms with Crippen LogP contribution >= 0.6 is 0 Å². The van der Waals surface area contributed by atoms with Gasteiger partial charge in [-0.3, -0.25) is 19.9 Å². The summed E-state index contributed by atoms with van der Waals surface area (Å²) < 4.78 is 13.6. The van der Waals surface area contributed by atoms with E-state index in [1.54, 1.807) is 0 Å². The van der Waals surface area contributed by atoms with Crippen LogP contribution in [0.3, 0.4) is 0 Å². The molecular weight excluding hydrogens is 669 g/mol. The smallest absolute Gasteiger partial charge is 0.280 e. The standard InChI is InChI=1S/C46H30N4O2Si/c1-53(2)39-17-6-5-15-37(39)51-46-28(12-7-16-38(46)52-53)27-18-19-31-35-14-9-23-48-43(35)44-40-32(20-24-49-44)29-10-3-4-11-30(29)34-13-8-22-47-42(34)45-41(40)33(21-25-50-45)36(31)26-27/h3-26H,1-2H3. The van der Waals surface area contributed by atoms with E-state index >= 15 is 0 Å². The molecule has 0 saturated carbocycles. The molecule has 5 heterocycles. The lowest BCUT2D eigenvalue weighted by Gasteiger charge is -2.22. The van der Waals surface area contributed by atoms with Crippen molar-refractivity contribution in [2.24, 2.45) is 0 Å². The minimum absolute atomic E-state index is 0.725. The molecule has 0 bridgehead atoms. The van der Waals surface area contributed by atoms with E-state index in [9.17, 15) is 0 Å². The van der Waals surface area contributed by atoms with Crippen molar-refractivity contribution in [3.8, 4) is 39.5 Å². The van der Waals surface area contributed by atoms with Crippen LogP contribution < -0.4 is 14.3 Å². The molecule has 8 aromatic rings. The molecule has 0 spiro atoms. The van der Waals surface area contributed by atoms with Crippen molar-refractivity contribution < 1.29 is 9.16 Å². The first-order valence-electron chi connectivity index (χ1n) is 17.8. The van der Waals surface area contributed by atoms with Gasteiger partial charge >= 0.3 is 0 Å². The summed E-state index contributed by atoms with van der Waals surface area (Å²) in [6.07, 6.45) is 7.52. The lowest BCUT2D eigenvalue weighted by Crippen LogP contribution is -2.47. The third-order valence-corrected chi connectivity index (χ3v) is 13.2. The average molecular weight is 699 g/mol. The van der Waals surface area contributed by atoms with Crippen molar-refractivity contribution in [2.75, 3.05) is 0 Å². The maximum Gasteiger partial charge on any atom is 0.280 e. The van der Waals surface area contributed by atoms with Gasteiger partial charge in [0.2, 0.25) is 0 Å². The summed E-state index contributed by atoms with van der Waals surface area (Å²) in [4.78, 5) is 20.2. The van der Waals surface area contributed by atoms with Crippen LogP contribution in [0.15, 0.2) is 146 Å². The Morgan fingerprint density at radius 3 is 1.72 bits per heavy atom. The van der Waals surface area contributed by atoms with Gasteiger partial charge in [0.15, 0.2) is 5.75 Å². The van der Waals surface area contributed by atoms with E-state index in [-0.39, 0.29) is 0 Å². The molecule has 1 aliphatic heterocycles. The summed E-state index contributed by atoms with van der Waals surface area (Å²) in [5, 5.41) is 9.66. The first-order chi connectivity index (χ1) is 26.0. The fraction of sp³-hybridized carbons (Fsp3) is 0.0435. The first kappa shape index (κ1) is 30.0. The van der Waals surface area contributed by atoms with E-state index in [4.69, 9.17) is 29.1 Å². The Hall–Kier alpha value is -6.70. The maximum absolute atomic E-state index is 6.83. The van der Waals surface area contributed by atoms with E-state index in [2.05, 4.69) is 104 Å². The molecule has 11 rings (SSSR count). The largest absolute Gasteiger partial charge is 0.537 e. The Labute approximate surface area is 305 Å². The molecule has 0 fully saturated rings. The normalized spacial score (nSPS) is 13.5. The van der Waals surface area contributed by atoms with Crippen molar-refractivity contribution in [1.82, 2.24) is 19.9 Å². The monoisotopic (exact) mass is 698 g/mol. The molecule has 2 aliphatic carbocycles. The average Bonchev–Trinajstić information content (AvgIpc) is 3.31. The quantitative estimate of drug-likeness (QED) is 0.159. The van der Waals surface area contributed by atoms with Gasteiger partial charge in [-0.15, -0.1) is 0 Å². The number of pyridine rings is 4. The van der Waals surface area contributed by atoms with Crippen LogP contribution in [0, 0.1) is 0 Å². The molecule has 0 radical (unpaired) electrons. The lowest BCUT2D eigenvalue weighted by atomic mass is 9.88. The van der Waals surface area contributed by atoms with Crippen molar-refractivity contribution >= 4 is 78.7 Å². The van der Waals surface area contributed by atoms with Gasteiger partial charge in [0, 0.05) is 57.4 Å². The Balaban J connectivity index is 1.34. The number of fused-ring (bicyclic) bond motifs is 12. The second kappa shape index (κ2) is 11.1. The zero-order chi connectivity index (χ0) is 35.3. The van der Waals surface area contributed by atoms with Crippen molar-refractivity contribution in [2.45, 2.75) is 13.1 Å². The first-order valence-corrected chi connectivity index (χ1v) is 20.7. The highest BCUT2D eigenvalue weighted by atomic mass is 28.4. The number of benzene rings is 4. The van der Waals surface area contributed by atoms with E-state index in [1.807, 2.05) is 55.1 Å². The van der Waals surface area contributed by atoms with Crippen LogP contribution in [0.4, 0.5) is 0 Å². The summed E-state index contributed by atoms with van der Waals surface area (Å²) in [5.41, 5.74) is 7.26. The summed E-state index contributed by atoms with van der Waals surface area (Å²) in [6.45, 7) is 4.44. The van der Waals surface area contributed by atoms with Gasteiger partial charge in [0.25, 0.3) is 8.32 Å². The van der Waals surface area contributed by atoms with Gasteiger partial charge < -0.3 is 9.16 Å². The number of hydrogen-bond acceptors (Lipinski definition) is 6. The number of ether oxygens (including phenoxy) is 1. The van der Waals surface area contributed by atoms with Gasteiger partial charge in [-0.2, -0.15) is 0 Å². The highest BCUT2D eigenvalue weighted by Gasteiger charge is 2.35.